The fraction of sp³-hybridized carbons (Fsp3) is 1.00. The summed E-state index contributed by atoms with van der Waals surface area (Å²) in [4.78, 5) is 4.37. The molecule has 118 valence electrons. The highest BCUT2D eigenvalue weighted by Crippen LogP contribution is 2.35. The third-order valence-electron chi connectivity index (χ3n) is 4.74. The Bertz CT molecular complexity index is 401. The standard InChI is InChI=1S/C13H28N4O2S/c1-16(2)13(4-3-5-13)12-15-20(18,19)11-10-17-8-6-14-7-9-17/h14-15H,3-12H2,1-2H3. The Hall–Kier alpha value is -0.210. The summed E-state index contributed by atoms with van der Waals surface area (Å²) in [5, 5.41) is 3.27. The summed E-state index contributed by atoms with van der Waals surface area (Å²) in [5.74, 6) is 0.205. The number of likely N-dealkylation sites (N-methyl/N-ethyl adjacent to an activating group) is 1. The van der Waals surface area contributed by atoms with E-state index in [1.165, 1.54) is 6.42 Å². The van der Waals surface area contributed by atoms with Gasteiger partial charge in [0.05, 0.1) is 5.75 Å². The first-order valence-electron chi connectivity index (χ1n) is 7.51. The van der Waals surface area contributed by atoms with E-state index >= 15 is 0 Å². The molecule has 0 spiro atoms. The first-order valence-corrected chi connectivity index (χ1v) is 9.17. The van der Waals surface area contributed by atoms with Gasteiger partial charge >= 0.3 is 0 Å². The van der Waals surface area contributed by atoms with Crippen LogP contribution in [0.25, 0.3) is 0 Å². The Morgan fingerprint density at radius 3 is 2.40 bits per heavy atom. The van der Waals surface area contributed by atoms with Crippen molar-refractivity contribution in [1.29, 1.82) is 0 Å². The van der Waals surface area contributed by atoms with E-state index in [0.29, 0.717) is 13.1 Å². The first-order chi connectivity index (χ1) is 9.44. The van der Waals surface area contributed by atoms with E-state index < -0.39 is 10.0 Å². The smallest absolute Gasteiger partial charge is 0.212 e. The molecule has 0 aromatic carbocycles. The van der Waals surface area contributed by atoms with Gasteiger partial charge in [-0.25, -0.2) is 13.1 Å². The normalized spacial score (nSPS) is 23.8. The average molecular weight is 304 g/mol. The van der Waals surface area contributed by atoms with E-state index in [-0.39, 0.29) is 11.3 Å². The van der Waals surface area contributed by atoms with Gasteiger partial charge in [-0.1, -0.05) is 0 Å². The van der Waals surface area contributed by atoms with Crippen LogP contribution in [0.3, 0.4) is 0 Å². The van der Waals surface area contributed by atoms with E-state index in [9.17, 15) is 8.42 Å². The molecule has 2 aliphatic rings. The van der Waals surface area contributed by atoms with Crippen LogP contribution in [-0.2, 0) is 10.0 Å². The SMILES string of the molecule is CN(C)C1(CNS(=O)(=O)CCN2CCNCC2)CCC1. The molecular formula is C13H28N4O2S. The minimum absolute atomic E-state index is 0.0438. The monoisotopic (exact) mass is 304 g/mol. The van der Waals surface area contributed by atoms with Crippen molar-refractivity contribution in [2.45, 2.75) is 24.8 Å². The highest BCUT2D eigenvalue weighted by atomic mass is 32.2. The second kappa shape index (κ2) is 6.70. The van der Waals surface area contributed by atoms with Crippen LogP contribution >= 0.6 is 0 Å². The van der Waals surface area contributed by atoms with Gasteiger partial charge in [0.2, 0.25) is 10.0 Å². The maximum atomic E-state index is 12.1. The molecule has 0 amide bonds. The fourth-order valence-corrected chi connectivity index (χ4v) is 4.00. The summed E-state index contributed by atoms with van der Waals surface area (Å²) in [6.45, 7) is 4.97. The molecule has 1 saturated carbocycles. The highest BCUT2D eigenvalue weighted by Gasteiger charge is 2.39. The summed E-state index contributed by atoms with van der Waals surface area (Å²) >= 11 is 0. The molecule has 0 atom stereocenters. The third kappa shape index (κ3) is 4.14. The molecule has 0 bridgehead atoms. The topological polar surface area (TPSA) is 64.7 Å². The molecule has 1 saturated heterocycles. The lowest BCUT2D eigenvalue weighted by Gasteiger charge is -2.47. The van der Waals surface area contributed by atoms with E-state index in [4.69, 9.17) is 0 Å². The maximum Gasteiger partial charge on any atom is 0.212 e. The second-order valence-corrected chi connectivity index (χ2v) is 8.13. The van der Waals surface area contributed by atoms with Crippen molar-refractivity contribution in [3.05, 3.63) is 0 Å². The van der Waals surface area contributed by atoms with Crippen LogP contribution in [-0.4, -0.2) is 82.9 Å². The molecular weight excluding hydrogens is 276 g/mol. The van der Waals surface area contributed by atoms with Crippen molar-refractivity contribution in [1.82, 2.24) is 19.8 Å². The average Bonchev–Trinajstić information content (AvgIpc) is 2.36. The molecule has 0 aromatic heterocycles. The molecule has 1 heterocycles. The van der Waals surface area contributed by atoms with E-state index in [1.54, 1.807) is 0 Å². The number of piperazine rings is 1. The van der Waals surface area contributed by atoms with Gasteiger partial charge in [0, 0.05) is 44.8 Å². The van der Waals surface area contributed by atoms with Crippen LogP contribution in [0, 0.1) is 0 Å². The maximum absolute atomic E-state index is 12.1. The molecule has 0 radical (unpaired) electrons. The van der Waals surface area contributed by atoms with Gasteiger partial charge in [-0.05, 0) is 33.4 Å². The van der Waals surface area contributed by atoms with Crippen LogP contribution in [0.4, 0.5) is 0 Å². The zero-order chi connectivity index (χ0) is 14.6. The van der Waals surface area contributed by atoms with Crippen molar-refractivity contribution < 1.29 is 8.42 Å². The van der Waals surface area contributed by atoms with Gasteiger partial charge in [0.25, 0.3) is 0 Å². The lowest BCUT2D eigenvalue weighted by atomic mass is 9.76. The number of hydrogen-bond donors (Lipinski definition) is 2. The minimum Gasteiger partial charge on any atom is -0.314 e. The Labute approximate surface area is 122 Å². The molecule has 2 fully saturated rings. The predicted octanol–water partition coefficient (Wildman–Crippen LogP) is -0.705. The largest absolute Gasteiger partial charge is 0.314 e. The van der Waals surface area contributed by atoms with Gasteiger partial charge in [-0.3, -0.25) is 4.90 Å². The van der Waals surface area contributed by atoms with Crippen molar-refractivity contribution in [2.24, 2.45) is 0 Å². The minimum atomic E-state index is -3.16. The quantitative estimate of drug-likeness (QED) is 0.651. The van der Waals surface area contributed by atoms with Crippen molar-refractivity contribution in [3.8, 4) is 0 Å². The number of sulfonamides is 1. The van der Waals surface area contributed by atoms with Gasteiger partial charge in [0.1, 0.15) is 0 Å². The first kappa shape index (κ1) is 16.2. The van der Waals surface area contributed by atoms with Gasteiger partial charge in [-0.15, -0.1) is 0 Å². The number of hydrogen-bond acceptors (Lipinski definition) is 5. The lowest BCUT2D eigenvalue weighted by Crippen LogP contribution is -2.57. The summed E-state index contributed by atoms with van der Waals surface area (Å²) in [5.41, 5.74) is 0.0438. The molecule has 2 N–H and O–H groups in total. The third-order valence-corrected chi connectivity index (χ3v) is 6.04. The highest BCUT2D eigenvalue weighted by molar-refractivity contribution is 7.89. The molecule has 0 aromatic rings. The number of nitrogens with one attached hydrogen (secondary N) is 2. The van der Waals surface area contributed by atoms with Gasteiger partial charge in [-0.2, -0.15) is 0 Å². The van der Waals surface area contributed by atoms with E-state index in [2.05, 4.69) is 19.8 Å². The predicted molar refractivity (Wildman–Crippen MR) is 81.4 cm³/mol. The fourth-order valence-electron chi connectivity index (χ4n) is 2.87. The summed E-state index contributed by atoms with van der Waals surface area (Å²) < 4.78 is 27.0. The van der Waals surface area contributed by atoms with E-state index in [0.717, 1.165) is 39.0 Å². The molecule has 2 rings (SSSR count). The Morgan fingerprint density at radius 1 is 1.25 bits per heavy atom. The van der Waals surface area contributed by atoms with Crippen LogP contribution in [0.2, 0.25) is 0 Å². The number of rotatable bonds is 7. The van der Waals surface area contributed by atoms with Crippen molar-refractivity contribution >= 4 is 10.0 Å². The van der Waals surface area contributed by atoms with Crippen LogP contribution in [0.15, 0.2) is 0 Å². The molecule has 20 heavy (non-hydrogen) atoms. The lowest BCUT2D eigenvalue weighted by molar-refractivity contribution is 0.0656. The van der Waals surface area contributed by atoms with Gasteiger partial charge < -0.3 is 10.2 Å². The van der Waals surface area contributed by atoms with Crippen molar-refractivity contribution in [2.75, 3.05) is 59.1 Å². The van der Waals surface area contributed by atoms with Crippen LogP contribution in [0.5, 0.6) is 0 Å². The summed E-state index contributed by atoms with van der Waals surface area (Å²) in [6.07, 6.45) is 3.36. The zero-order valence-electron chi connectivity index (χ0n) is 12.7. The van der Waals surface area contributed by atoms with Gasteiger partial charge in [0.15, 0.2) is 0 Å². The Balaban J connectivity index is 1.75. The molecule has 1 aliphatic heterocycles. The Kier molecular flexibility index (Phi) is 5.42. The van der Waals surface area contributed by atoms with Crippen LogP contribution in [0.1, 0.15) is 19.3 Å². The summed E-state index contributed by atoms with van der Waals surface area (Å²) in [7, 11) is 0.909. The van der Waals surface area contributed by atoms with E-state index in [1.807, 2.05) is 14.1 Å². The molecule has 1 aliphatic carbocycles. The van der Waals surface area contributed by atoms with Crippen LogP contribution < -0.4 is 10.0 Å². The summed E-state index contributed by atoms with van der Waals surface area (Å²) in [6, 6.07) is 0. The Morgan fingerprint density at radius 2 is 1.90 bits per heavy atom. The number of nitrogens with zero attached hydrogens (tertiary/aromatic N) is 2. The molecule has 0 unspecified atom stereocenters. The zero-order valence-corrected chi connectivity index (χ0v) is 13.5. The second-order valence-electron chi connectivity index (χ2n) is 6.20. The molecule has 6 nitrogen and oxygen atoms in total. The van der Waals surface area contributed by atoms with Crippen molar-refractivity contribution in [3.63, 3.8) is 0 Å². The molecule has 7 heteroatoms.